The van der Waals surface area contributed by atoms with Gasteiger partial charge in [0.05, 0.1) is 11.3 Å². The molecular formula is C24H37NO5S. The van der Waals surface area contributed by atoms with Crippen LogP contribution in [0, 0.1) is 0 Å². The molecular weight excluding hydrogens is 414 g/mol. The number of hydrogen-bond acceptors (Lipinski definition) is 4. The molecule has 1 aromatic rings. The third-order valence-corrected chi connectivity index (χ3v) is 5.60. The number of hydrogen-bond donors (Lipinski definition) is 4. The summed E-state index contributed by atoms with van der Waals surface area (Å²) < 4.78 is 19.8. The Morgan fingerprint density at radius 1 is 1.16 bits per heavy atom. The number of carbonyl (C=O) groups excluding carboxylic acids is 1. The van der Waals surface area contributed by atoms with Crippen LogP contribution in [0.5, 0.6) is 11.5 Å². The van der Waals surface area contributed by atoms with Gasteiger partial charge in [-0.15, -0.1) is 0 Å². The highest BCUT2D eigenvalue weighted by molar-refractivity contribution is 7.79. The summed E-state index contributed by atoms with van der Waals surface area (Å²) in [5.74, 6) is -0.830. The van der Waals surface area contributed by atoms with Crippen LogP contribution in [0.1, 0.15) is 81.3 Å². The van der Waals surface area contributed by atoms with Crippen LogP contribution in [0.4, 0.5) is 0 Å². The number of benzene rings is 1. The summed E-state index contributed by atoms with van der Waals surface area (Å²) in [4.78, 5) is 12.8. The predicted octanol–water partition coefficient (Wildman–Crippen LogP) is 5.02. The van der Waals surface area contributed by atoms with Crippen molar-refractivity contribution in [1.29, 1.82) is 0 Å². The van der Waals surface area contributed by atoms with Gasteiger partial charge in [-0.1, -0.05) is 43.1 Å². The molecule has 4 N–H and O–H groups in total. The van der Waals surface area contributed by atoms with E-state index in [1.807, 2.05) is 13.0 Å². The lowest BCUT2D eigenvalue weighted by atomic mass is 9.94. The number of rotatable bonds is 13. The number of phenolic OH excluding ortho intramolecular Hbond substituents is 2. The summed E-state index contributed by atoms with van der Waals surface area (Å²) in [5, 5.41) is 24.0. The Hall–Kier alpha value is -2.12. The molecule has 1 atom stereocenters. The maximum atomic E-state index is 12.8. The highest BCUT2D eigenvalue weighted by atomic mass is 32.2. The first-order valence-electron chi connectivity index (χ1n) is 10.9. The van der Waals surface area contributed by atoms with Crippen LogP contribution in [0.3, 0.4) is 0 Å². The van der Waals surface area contributed by atoms with E-state index in [-0.39, 0.29) is 29.4 Å². The lowest BCUT2D eigenvalue weighted by molar-refractivity contribution is 0.0952. The van der Waals surface area contributed by atoms with Gasteiger partial charge in [0, 0.05) is 12.1 Å². The van der Waals surface area contributed by atoms with Gasteiger partial charge in [-0.05, 0) is 64.5 Å². The number of nitrogens with one attached hydrogen (secondary N) is 1. The van der Waals surface area contributed by atoms with E-state index in [9.17, 15) is 19.2 Å². The summed E-state index contributed by atoms with van der Waals surface area (Å²) >= 11 is -2.01. The van der Waals surface area contributed by atoms with Gasteiger partial charge in [-0.25, -0.2) is 4.21 Å². The van der Waals surface area contributed by atoms with Crippen molar-refractivity contribution in [3.8, 4) is 11.5 Å². The van der Waals surface area contributed by atoms with Crippen LogP contribution in [-0.4, -0.2) is 37.2 Å². The number of aryl methyl sites for hydroxylation is 1. The first-order valence-corrected chi connectivity index (χ1v) is 12.2. The van der Waals surface area contributed by atoms with E-state index in [0.717, 1.165) is 37.7 Å². The second-order valence-electron chi connectivity index (χ2n) is 8.07. The Morgan fingerprint density at radius 3 is 2.48 bits per heavy atom. The highest BCUT2D eigenvalue weighted by Crippen LogP contribution is 2.35. The zero-order valence-corrected chi connectivity index (χ0v) is 20.0. The number of allylic oxidation sites excluding steroid dienone is 4. The minimum atomic E-state index is -2.01. The van der Waals surface area contributed by atoms with Crippen LogP contribution in [0.15, 0.2) is 29.4 Å². The summed E-state index contributed by atoms with van der Waals surface area (Å²) in [6.07, 6.45) is 9.62. The smallest absolute Gasteiger partial charge is 0.255 e. The van der Waals surface area contributed by atoms with Crippen LogP contribution in [0.2, 0.25) is 0 Å². The quantitative estimate of drug-likeness (QED) is 0.191. The van der Waals surface area contributed by atoms with E-state index in [4.69, 9.17) is 4.55 Å². The fraction of sp³-hybridized carbons (Fsp3) is 0.542. The highest BCUT2D eigenvalue weighted by Gasteiger charge is 2.22. The normalized spacial score (nSPS) is 12.5. The first kappa shape index (κ1) is 26.9. The molecule has 174 valence electrons. The minimum absolute atomic E-state index is 0.0228. The Balaban J connectivity index is 3.14. The molecule has 7 heteroatoms. The molecule has 0 bridgehead atoms. The standard InChI is InChI=1S/C24H37NO5S/c1-5-6-7-11-19-16-21(26)20(13-12-18(4)10-8-9-17(2)3)23(27)22(19)24(28)25-14-15-31(29)30/h9,12,16,26-27H,5-8,10-11,13-15H2,1-4H3,(H,25,28)(H,29,30)/b18-12+. The molecule has 0 radical (unpaired) electrons. The molecule has 6 nitrogen and oxygen atoms in total. The van der Waals surface area contributed by atoms with Crippen LogP contribution < -0.4 is 5.32 Å². The van der Waals surface area contributed by atoms with E-state index in [0.29, 0.717) is 24.0 Å². The van der Waals surface area contributed by atoms with E-state index in [1.54, 1.807) is 6.07 Å². The summed E-state index contributed by atoms with van der Waals surface area (Å²) in [6, 6.07) is 1.57. The summed E-state index contributed by atoms with van der Waals surface area (Å²) in [5.41, 5.74) is 3.45. The summed E-state index contributed by atoms with van der Waals surface area (Å²) in [6.45, 7) is 8.22. The monoisotopic (exact) mass is 451 g/mol. The first-order chi connectivity index (χ1) is 14.7. The number of unbranched alkanes of at least 4 members (excludes halogenated alkanes) is 2. The average molecular weight is 452 g/mol. The Morgan fingerprint density at radius 2 is 1.87 bits per heavy atom. The summed E-state index contributed by atoms with van der Waals surface area (Å²) in [7, 11) is 0. The van der Waals surface area contributed by atoms with Crippen molar-refractivity contribution < 1.29 is 23.8 Å². The van der Waals surface area contributed by atoms with Crippen LogP contribution in [-0.2, 0) is 23.9 Å². The lowest BCUT2D eigenvalue weighted by Gasteiger charge is -2.16. The maximum Gasteiger partial charge on any atom is 0.255 e. The van der Waals surface area contributed by atoms with Gasteiger partial charge < -0.3 is 20.1 Å². The zero-order valence-electron chi connectivity index (χ0n) is 19.2. The molecule has 0 saturated carbocycles. The SMILES string of the molecule is CCCCCc1cc(O)c(C/C=C(\C)CCC=C(C)C)c(O)c1C(=O)NCCS(=O)O. The maximum absolute atomic E-state index is 12.8. The molecule has 0 aliphatic rings. The minimum Gasteiger partial charge on any atom is -0.508 e. The molecule has 31 heavy (non-hydrogen) atoms. The molecule has 1 aromatic carbocycles. The van der Waals surface area contributed by atoms with Crippen LogP contribution in [0.25, 0.3) is 0 Å². The van der Waals surface area contributed by atoms with Gasteiger partial charge >= 0.3 is 0 Å². The fourth-order valence-electron chi connectivity index (χ4n) is 3.27. The Bertz CT molecular complexity index is 826. The molecule has 0 fully saturated rings. The number of amides is 1. The molecule has 0 aliphatic heterocycles. The van der Waals surface area contributed by atoms with Gasteiger partial charge in [-0.2, -0.15) is 0 Å². The Labute approximate surface area is 188 Å². The van der Waals surface area contributed by atoms with Gasteiger partial charge in [0.25, 0.3) is 5.91 Å². The van der Waals surface area contributed by atoms with E-state index >= 15 is 0 Å². The van der Waals surface area contributed by atoms with E-state index < -0.39 is 17.0 Å². The topological polar surface area (TPSA) is 107 Å². The molecule has 0 saturated heterocycles. The molecule has 1 unspecified atom stereocenters. The second-order valence-corrected chi connectivity index (χ2v) is 9.12. The van der Waals surface area contributed by atoms with Crippen molar-refractivity contribution in [1.82, 2.24) is 5.32 Å². The molecule has 0 aromatic heterocycles. The molecule has 0 aliphatic carbocycles. The number of carbonyl (C=O) groups is 1. The van der Waals surface area contributed by atoms with Gasteiger partial charge in [0.15, 0.2) is 11.1 Å². The van der Waals surface area contributed by atoms with Crippen molar-refractivity contribution in [3.05, 3.63) is 46.1 Å². The van der Waals surface area contributed by atoms with Gasteiger partial charge in [-0.3, -0.25) is 4.79 Å². The van der Waals surface area contributed by atoms with E-state index in [2.05, 4.69) is 32.2 Å². The fourth-order valence-corrected chi connectivity index (χ4v) is 3.55. The molecule has 0 spiro atoms. The van der Waals surface area contributed by atoms with Gasteiger partial charge in [0.2, 0.25) is 0 Å². The van der Waals surface area contributed by atoms with Crippen molar-refractivity contribution in [2.45, 2.75) is 72.6 Å². The second kappa shape index (κ2) is 14.0. The average Bonchev–Trinajstić information content (AvgIpc) is 2.67. The van der Waals surface area contributed by atoms with Crippen molar-refractivity contribution >= 4 is 17.0 Å². The van der Waals surface area contributed by atoms with Crippen molar-refractivity contribution in [2.75, 3.05) is 12.3 Å². The largest absolute Gasteiger partial charge is 0.508 e. The van der Waals surface area contributed by atoms with Gasteiger partial charge in [0.1, 0.15) is 11.5 Å². The number of aromatic hydroxyl groups is 2. The number of phenols is 2. The molecule has 1 amide bonds. The van der Waals surface area contributed by atoms with Crippen molar-refractivity contribution in [2.24, 2.45) is 0 Å². The predicted molar refractivity (Wildman–Crippen MR) is 127 cm³/mol. The van der Waals surface area contributed by atoms with E-state index in [1.165, 1.54) is 5.57 Å². The molecule has 0 heterocycles. The van der Waals surface area contributed by atoms with Crippen molar-refractivity contribution in [3.63, 3.8) is 0 Å². The lowest BCUT2D eigenvalue weighted by Crippen LogP contribution is -2.28. The zero-order chi connectivity index (χ0) is 23.4. The third-order valence-electron chi connectivity index (χ3n) is 5.05. The third kappa shape index (κ3) is 9.70. The Kier molecular flexibility index (Phi) is 12.2. The van der Waals surface area contributed by atoms with Crippen LogP contribution >= 0.6 is 0 Å². The molecule has 1 rings (SSSR count).